The van der Waals surface area contributed by atoms with Crippen molar-refractivity contribution in [3.8, 4) is 5.75 Å². The van der Waals surface area contributed by atoms with Crippen molar-refractivity contribution in [2.45, 2.75) is 57.0 Å². The molecule has 2 N–H and O–H groups in total. The van der Waals surface area contributed by atoms with Crippen LogP contribution in [0.4, 0.5) is 0 Å². The van der Waals surface area contributed by atoms with Crippen molar-refractivity contribution in [2.24, 2.45) is 5.92 Å². The molecule has 1 aliphatic rings. The Bertz CT molecular complexity index is 1510. The number of benzene rings is 2. The van der Waals surface area contributed by atoms with E-state index < -0.39 is 39.7 Å². The van der Waals surface area contributed by atoms with Crippen molar-refractivity contribution in [1.82, 2.24) is 14.9 Å². The second-order valence-electron chi connectivity index (χ2n) is 10.3. The molecule has 1 aromatic heterocycles. The molecule has 1 aliphatic heterocycles. The van der Waals surface area contributed by atoms with E-state index in [1.807, 2.05) is 26.0 Å². The number of hydrogen-bond acceptors (Lipinski definition) is 8. The van der Waals surface area contributed by atoms with Gasteiger partial charge in [0.25, 0.3) is 21.8 Å². The van der Waals surface area contributed by atoms with Crippen LogP contribution in [0.2, 0.25) is 0 Å². The number of rotatable bonds is 9. The summed E-state index contributed by atoms with van der Waals surface area (Å²) in [7, 11) is -3.10. The Morgan fingerprint density at radius 3 is 2.62 bits per heavy atom. The molecule has 3 aromatic rings. The van der Waals surface area contributed by atoms with Gasteiger partial charge in [0.05, 0.1) is 18.6 Å². The quantitative estimate of drug-likeness (QED) is 0.400. The van der Waals surface area contributed by atoms with E-state index >= 15 is 0 Å². The number of sulfonamides is 1. The molecule has 214 valence electrons. The molecule has 0 radical (unpaired) electrons. The van der Waals surface area contributed by atoms with E-state index in [0.717, 1.165) is 5.39 Å². The molecule has 2 amide bonds. The second-order valence-corrected chi connectivity index (χ2v) is 12.1. The number of nitrogens with one attached hydrogen (secondary N) is 2. The van der Waals surface area contributed by atoms with E-state index in [2.05, 4.69) is 10.6 Å². The van der Waals surface area contributed by atoms with Crippen LogP contribution in [-0.2, 0) is 19.6 Å². The lowest BCUT2D eigenvalue weighted by atomic mass is 10.0. The molecule has 0 bridgehead atoms. The lowest BCUT2D eigenvalue weighted by Gasteiger charge is -2.33. The van der Waals surface area contributed by atoms with Gasteiger partial charge in [0.2, 0.25) is 0 Å². The topological polar surface area (TPSA) is 135 Å². The Hall–Kier alpha value is -3.70. The van der Waals surface area contributed by atoms with Crippen molar-refractivity contribution >= 4 is 38.6 Å². The lowest BCUT2D eigenvalue weighted by molar-refractivity contribution is -0.135. The van der Waals surface area contributed by atoms with Gasteiger partial charge in [-0.3, -0.25) is 14.4 Å². The molecule has 4 rings (SSSR count). The highest BCUT2D eigenvalue weighted by Gasteiger charge is 2.43. The summed E-state index contributed by atoms with van der Waals surface area (Å²) in [4.78, 5) is 40.6. The highest BCUT2D eigenvalue weighted by molar-refractivity contribution is 7.89. The van der Waals surface area contributed by atoms with Gasteiger partial charge in [0.1, 0.15) is 23.4 Å². The molecule has 2 aromatic carbocycles. The lowest BCUT2D eigenvalue weighted by Crippen LogP contribution is -2.56. The SMILES string of the molecule is COc1cccc(S(=O)(=O)N(C(=O)[C@H](CC(C)C)NC(=O)c2oc3ccccc3c2C)C2CCCNCC2=O)c1. The summed E-state index contributed by atoms with van der Waals surface area (Å²) in [5, 5.41) is 6.46. The van der Waals surface area contributed by atoms with Crippen LogP contribution in [0.25, 0.3) is 11.0 Å². The molecule has 1 fully saturated rings. The summed E-state index contributed by atoms with van der Waals surface area (Å²) in [6, 6.07) is 10.5. The Morgan fingerprint density at radius 2 is 1.93 bits per heavy atom. The van der Waals surface area contributed by atoms with Crippen molar-refractivity contribution < 1.29 is 32.0 Å². The van der Waals surface area contributed by atoms with Crippen LogP contribution in [0.15, 0.2) is 57.8 Å². The first-order chi connectivity index (χ1) is 19.0. The highest BCUT2D eigenvalue weighted by atomic mass is 32.2. The summed E-state index contributed by atoms with van der Waals surface area (Å²) in [6.45, 7) is 5.92. The molecule has 0 spiro atoms. The number of carbonyl (C=O) groups is 3. The van der Waals surface area contributed by atoms with Crippen LogP contribution in [0.3, 0.4) is 0 Å². The Kier molecular flexibility index (Phi) is 8.95. The van der Waals surface area contributed by atoms with Gasteiger partial charge in [-0.25, -0.2) is 12.7 Å². The maximum absolute atomic E-state index is 14.2. The first-order valence-corrected chi connectivity index (χ1v) is 14.7. The number of furan rings is 1. The summed E-state index contributed by atoms with van der Waals surface area (Å²) >= 11 is 0. The number of ketones is 1. The predicted octanol–water partition coefficient (Wildman–Crippen LogP) is 3.43. The van der Waals surface area contributed by atoms with Crippen molar-refractivity contribution in [1.29, 1.82) is 0 Å². The molecular weight excluding hydrogens is 534 g/mol. The maximum atomic E-state index is 14.2. The molecule has 11 heteroatoms. The minimum absolute atomic E-state index is 0.0414. The third-order valence-corrected chi connectivity index (χ3v) is 8.76. The summed E-state index contributed by atoms with van der Waals surface area (Å²) in [6.07, 6.45) is 0.798. The zero-order valence-corrected chi connectivity index (χ0v) is 23.9. The van der Waals surface area contributed by atoms with E-state index in [1.165, 1.54) is 25.3 Å². The van der Waals surface area contributed by atoms with Gasteiger partial charge in [-0.05, 0) is 56.8 Å². The highest BCUT2D eigenvalue weighted by Crippen LogP contribution is 2.28. The van der Waals surface area contributed by atoms with Crippen LogP contribution < -0.4 is 15.4 Å². The Labute approximate surface area is 234 Å². The fourth-order valence-electron chi connectivity index (χ4n) is 4.93. The number of amides is 2. The van der Waals surface area contributed by atoms with Gasteiger partial charge >= 0.3 is 0 Å². The molecule has 1 unspecified atom stereocenters. The standard InChI is InChI=1S/C29H35N3O7S/c1-18(2)15-23(31-28(34)27-19(3)22-11-5-6-13-26(22)39-27)29(35)32(24-12-8-14-30-17-25(24)33)40(36,37)21-10-7-9-20(16-21)38-4/h5-7,9-11,13,16,18,23-24,30H,8,12,14-15,17H2,1-4H3,(H,31,34)/t23-,24?/m0/s1. The molecular formula is C29H35N3O7S. The van der Waals surface area contributed by atoms with E-state index in [9.17, 15) is 22.8 Å². The van der Waals surface area contributed by atoms with Gasteiger partial charge in [-0.1, -0.05) is 38.1 Å². The summed E-state index contributed by atoms with van der Waals surface area (Å²) in [5.41, 5.74) is 1.13. The van der Waals surface area contributed by atoms with Crippen LogP contribution in [-0.4, -0.2) is 62.6 Å². The molecule has 10 nitrogen and oxygen atoms in total. The maximum Gasteiger partial charge on any atom is 0.287 e. The fraction of sp³-hybridized carbons (Fsp3) is 0.414. The van der Waals surface area contributed by atoms with Crippen molar-refractivity contribution in [3.63, 3.8) is 0 Å². The largest absolute Gasteiger partial charge is 0.497 e. The van der Waals surface area contributed by atoms with Crippen molar-refractivity contribution in [3.05, 3.63) is 59.9 Å². The van der Waals surface area contributed by atoms with Gasteiger partial charge < -0.3 is 19.8 Å². The third kappa shape index (κ3) is 6.05. The zero-order chi connectivity index (χ0) is 29.0. The van der Waals surface area contributed by atoms with E-state index in [-0.39, 0.29) is 41.7 Å². The van der Waals surface area contributed by atoms with Crippen molar-refractivity contribution in [2.75, 3.05) is 20.2 Å². The average Bonchev–Trinajstić information content (AvgIpc) is 3.13. The van der Waals surface area contributed by atoms with Gasteiger partial charge in [-0.15, -0.1) is 0 Å². The van der Waals surface area contributed by atoms with Crippen LogP contribution in [0.5, 0.6) is 5.75 Å². The minimum atomic E-state index is -4.51. The molecule has 40 heavy (non-hydrogen) atoms. The molecule has 2 atom stereocenters. The number of methoxy groups -OCH3 is 1. The first-order valence-electron chi connectivity index (χ1n) is 13.3. The van der Waals surface area contributed by atoms with Crippen LogP contribution >= 0.6 is 0 Å². The molecule has 0 saturated carbocycles. The third-order valence-electron chi connectivity index (χ3n) is 6.96. The zero-order valence-electron chi connectivity index (χ0n) is 23.1. The number of fused-ring (bicyclic) bond motifs is 1. The molecule has 1 saturated heterocycles. The fourth-order valence-corrected chi connectivity index (χ4v) is 6.60. The Balaban J connectivity index is 1.76. The van der Waals surface area contributed by atoms with Gasteiger partial charge in [0.15, 0.2) is 11.5 Å². The van der Waals surface area contributed by atoms with Crippen LogP contribution in [0, 0.1) is 12.8 Å². The summed E-state index contributed by atoms with van der Waals surface area (Å²) in [5.74, 6) is -1.69. The Morgan fingerprint density at radius 1 is 1.18 bits per heavy atom. The number of para-hydroxylation sites is 1. The second kappa shape index (κ2) is 12.2. The average molecular weight is 570 g/mol. The number of aryl methyl sites for hydroxylation is 1. The van der Waals surface area contributed by atoms with Gasteiger partial charge in [-0.2, -0.15) is 0 Å². The summed E-state index contributed by atoms with van der Waals surface area (Å²) < 4.78 is 39.8. The normalized spacial score (nSPS) is 16.9. The molecule has 0 aliphatic carbocycles. The van der Waals surface area contributed by atoms with E-state index in [1.54, 1.807) is 25.1 Å². The number of ether oxygens (including phenoxy) is 1. The monoisotopic (exact) mass is 569 g/mol. The van der Waals surface area contributed by atoms with Gasteiger partial charge in [0, 0.05) is 17.0 Å². The van der Waals surface area contributed by atoms with E-state index in [0.29, 0.717) is 28.4 Å². The number of Topliss-reactive ketones (excluding diaryl/α,β-unsaturated/α-hetero) is 1. The predicted molar refractivity (Wildman–Crippen MR) is 150 cm³/mol. The number of carbonyl (C=O) groups excluding carboxylic acids is 3. The first kappa shape index (κ1) is 29.3. The smallest absolute Gasteiger partial charge is 0.287 e. The molecule has 2 heterocycles. The van der Waals surface area contributed by atoms with E-state index in [4.69, 9.17) is 9.15 Å². The number of nitrogens with zero attached hydrogens (tertiary/aromatic N) is 1. The minimum Gasteiger partial charge on any atom is -0.497 e. The van der Waals surface area contributed by atoms with Crippen LogP contribution in [0.1, 0.15) is 49.2 Å². The number of hydrogen-bond donors (Lipinski definition) is 2.